The van der Waals surface area contributed by atoms with E-state index in [0.717, 1.165) is 78.4 Å². The van der Waals surface area contributed by atoms with Gasteiger partial charge in [0.25, 0.3) is 0 Å². The van der Waals surface area contributed by atoms with Gasteiger partial charge in [-0.1, -0.05) is 57.5 Å². The van der Waals surface area contributed by atoms with E-state index in [1.165, 1.54) is 37.9 Å². The fourth-order valence-corrected chi connectivity index (χ4v) is 8.05. The molecular weight excluding hydrogens is 638 g/mol. The van der Waals surface area contributed by atoms with Gasteiger partial charge < -0.3 is 25.0 Å². The minimum atomic E-state index is -0.215. The molecule has 2 amide bonds. The molecular formula is C41H55N7O3. The predicted octanol–water partition coefficient (Wildman–Crippen LogP) is 7.75. The molecule has 2 aromatic carbocycles. The van der Waals surface area contributed by atoms with Gasteiger partial charge in [0.15, 0.2) is 11.5 Å². The molecule has 3 aliphatic rings. The number of nitrogens with one attached hydrogen (secondary N) is 2. The third-order valence-electron chi connectivity index (χ3n) is 11.3. The van der Waals surface area contributed by atoms with Crippen LogP contribution in [0.15, 0.2) is 60.8 Å². The quantitative estimate of drug-likeness (QED) is 0.164. The van der Waals surface area contributed by atoms with Crippen molar-refractivity contribution >= 4 is 17.4 Å². The molecule has 51 heavy (non-hydrogen) atoms. The van der Waals surface area contributed by atoms with E-state index in [1.807, 2.05) is 36.5 Å². The normalized spacial score (nSPS) is 22.9. The van der Waals surface area contributed by atoms with E-state index in [9.17, 15) is 4.79 Å². The summed E-state index contributed by atoms with van der Waals surface area (Å²) in [6, 6.07) is 18.2. The number of nitrogens with zero attached hydrogens (tertiary/aromatic N) is 5. The number of benzene rings is 2. The van der Waals surface area contributed by atoms with Crippen molar-refractivity contribution in [1.82, 2.24) is 29.7 Å². The standard InChI is InChI=1S/C41H55N7O3/c1-40(2,3)30-24-29(28-50-23-22-47-20-9-6-10-21-47)25-31(26-30)42-39(49)43-35-15-16-36(34-13-8-7-12-33(34)35)51-32-14-17-37-44-45-38(48(37)27-32)41(4)18-11-19-46(41)5/h7-8,12-14,17,24-27,35-36H,6,9-11,15-16,18-23,28H2,1-5H3,(H2,42,43,49)/t35-,36+,41?/m0/s1. The lowest BCUT2D eigenvalue weighted by Crippen LogP contribution is -2.37. The zero-order valence-electron chi connectivity index (χ0n) is 31.1. The van der Waals surface area contributed by atoms with Gasteiger partial charge in [-0.15, -0.1) is 10.2 Å². The number of anilines is 1. The minimum Gasteiger partial charge on any atom is -0.484 e. The summed E-state index contributed by atoms with van der Waals surface area (Å²) >= 11 is 0. The fraction of sp³-hybridized carbons (Fsp3) is 0.537. The Morgan fingerprint density at radius 3 is 2.53 bits per heavy atom. The summed E-state index contributed by atoms with van der Waals surface area (Å²) < 4.78 is 14.9. The summed E-state index contributed by atoms with van der Waals surface area (Å²) in [5.74, 6) is 1.73. The third kappa shape index (κ3) is 7.93. The van der Waals surface area contributed by atoms with Crippen LogP contribution in [0.3, 0.4) is 0 Å². The van der Waals surface area contributed by atoms with Crippen molar-refractivity contribution in [2.24, 2.45) is 0 Å². The molecule has 0 bridgehead atoms. The lowest BCUT2D eigenvalue weighted by Gasteiger charge is -2.32. The van der Waals surface area contributed by atoms with Gasteiger partial charge in [-0.2, -0.15) is 0 Å². The second kappa shape index (κ2) is 14.9. The summed E-state index contributed by atoms with van der Waals surface area (Å²) in [4.78, 5) is 18.4. The summed E-state index contributed by atoms with van der Waals surface area (Å²) in [6.07, 6.45) is 9.52. The van der Waals surface area contributed by atoms with E-state index >= 15 is 0 Å². The number of piperidine rings is 1. The Morgan fingerprint density at radius 1 is 0.961 bits per heavy atom. The first-order valence-corrected chi connectivity index (χ1v) is 18.9. The van der Waals surface area contributed by atoms with Gasteiger partial charge in [0, 0.05) is 12.2 Å². The van der Waals surface area contributed by atoms with Crippen LogP contribution in [-0.2, 0) is 22.3 Å². The number of hydrogen-bond acceptors (Lipinski definition) is 7. The number of rotatable bonds is 10. The zero-order chi connectivity index (χ0) is 35.6. The van der Waals surface area contributed by atoms with Crippen LogP contribution in [0, 0.1) is 0 Å². The van der Waals surface area contributed by atoms with Crippen LogP contribution in [0.2, 0.25) is 0 Å². The van der Waals surface area contributed by atoms with Gasteiger partial charge >= 0.3 is 6.03 Å². The summed E-state index contributed by atoms with van der Waals surface area (Å²) in [7, 11) is 2.16. The van der Waals surface area contributed by atoms with Crippen LogP contribution in [-0.4, -0.2) is 70.3 Å². The molecule has 7 rings (SSSR count). The Morgan fingerprint density at radius 2 is 1.76 bits per heavy atom. The van der Waals surface area contributed by atoms with Crippen LogP contribution in [0.25, 0.3) is 5.65 Å². The Balaban J connectivity index is 1.01. The molecule has 10 heteroatoms. The number of amides is 2. The number of aromatic nitrogens is 3. The largest absolute Gasteiger partial charge is 0.484 e. The Bertz CT molecular complexity index is 1830. The summed E-state index contributed by atoms with van der Waals surface area (Å²) in [5.41, 5.74) is 5.78. The highest BCUT2D eigenvalue weighted by molar-refractivity contribution is 5.89. The second-order valence-corrected chi connectivity index (χ2v) is 16.0. The maximum atomic E-state index is 13.6. The van der Waals surface area contributed by atoms with Gasteiger partial charge in [0.05, 0.1) is 31.0 Å². The number of urea groups is 1. The topological polar surface area (TPSA) is 96.3 Å². The number of hydrogen-bond donors (Lipinski definition) is 2. The van der Waals surface area contributed by atoms with Crippen molar-refractivity contribution in [3.8, 4) is 5.75 Å². The minimum absolute atomic E-state index is 0.0701. The molecule has 3 atom stereocenters. The molecule has 1 aliphatic carbocycles. The highest BCUT2D eigenvalue weighted by atomic mass is 16.5. The van der Waals surface area contributed by atoms with Crippen LogP contribution in [0.1, 0.15) is 113 Å². The highest BCUT2D eigenvalue weighted by Gasteiger charge is 2.40. The van der Waals surface area contributed by atoms with Crippen molar-refractivity contribution in [2.45, 2.75) is 102 Å². The first-order chi connectivity index (χ1) is 24.6. The molecule has 2 N–H and O–H groups in total. The van der Waals surface area contributed by atoms with E-state index in [0.29, 0.717) is 13.2 Å². The lowest BCUT2D eigenvalue weighted by atomic mass is 9.85. The number of pyridine rings is 1. The Hall–Kier alpha value is -3.99. The van der Waals surface area contributed by atoms with Gasteiger partial charge in [-0.25, -0.2) is 4.79 Å². The highest BCUT2D eigenvalue weighted by Crippen LogP contribution is 2.40. The van der Waals surface area contributed by atoms with E-state index in [1.54, 1.807) is 0 Å². The first kappa shape index (κ1) is 35.4. The van der Waals surface area contributed by atoms with E-state index in [2.05, 4.69) is 94.0 Å². The molecule has 4 aromatic rings. The molecule has 4 heterocycles. The summed E-state index contributed by atoms with van der Waals surface area (Å²) in [5, 5.41) is 15.5. The first-order valence-electron chi connectivity index (χ1n) is 18.9. The molecule has 0 saturated carbocycles. The molecule has 2 aliphatic heterocycles. The second-order valence-electron chi connectivity index (χ2n) is 16.0. The lowest BCUT2D eigenvalue weighted by molar-refractivity contribution is 0.0863. The molecule has 2 aromatic heterocycles. The van der Waals surface area contributed by atoms with Crippen molar-refractivity contribution < 1.29 is 14.3 Å². The average molecular weight is 694 g/mol. The van der Waals surface area contributed by atoms with Crippen LogP contribution in [0.5, 0.6) is 5.75 Å². The number of ether oxygens (including phenoxy) is 2. The van der Waals surface area contributed by atoms with Crippen molar-refractivity contribution in [2.75, 3.05) is 45.2 Å². The molecule has 0 spiro atoms. The molecule has 1 unspecified atom stereocenters. The van der Waals surface area contributed by atoms with E-state index in [4.69, 9.17) is 9.47 Å². The Kier molecular flexibility index (Phi) is 10.4. The van der Waals surface area contributed by atoms with Crippen molar-refractivity contribution in [1.29, 1.82) is 0 Å². The molecule has 10 nitrogen and oxygen atoms in total. The molecule has 0 radical (unpaired) electrons. The van der Waals surface area contributed by atoms with Crippen molar-refractivity contribution in [3.63, 3.8) is 0 Å². The van der Waals surface area contributed by atoms with Crippen LogP contribution in [0.4, 0.5) is 10.5 Å². The fourth-order valence-electron chi connectivity index (χ4n) is 8.05. The monoisotopic (exact) mass is 693 g/mol. The number of fused-ring (bicyclic) bond motifs is 2. The van der Waals surface area contributed by atoms with Crippen LogP contribution >= 0.6 is 0 Å². The van der Waals surface area contributed by atoms with Gasteiger partial charge in [0.1, 0.15) is 11.9 Å². The number of carbonyl (C=O) groups is 1. The van der Waals surface area contributed by atoms with Gasteiger partial charge in [-0.3, -0.25) is 9.30 Å². The van der Waals surface area contributed by atoms with E-state index < -0.39 is 0 Å². The number of likely N-dealkylation sites (tertiary alicyclic amines) is 2. The maximum Gasteiger partial charge on any atom is 0.319 e. The van der Waals surface area contributed by atoms with E-state index in [-0.39, 0.29) is 29.1 Å². The van der Waals surface area contributed by atoms with Crippen LogP contribution < -0.4 is 15.4 Å². The average Bonchev–Trinajstić information content (AvgIpc) is 3.70. The predicted molar refractivity (Wildman–Crippen MR) is 201 cm³/mol. The summed E-state index contributed by atoms with van der Waals surface area (Å²) in [6.45, 7) is 14.4. The zero-order valence-corrected chi connectivity index (χ0v) is 31.1. The maximum absolute atomic E-state index is 13.6. The SMILES string of the molecule is CN1CCCC1(C)c1nnc2ccc(O[C@@H]3CC[C@H](NC(=O)Nc4cc(COCCN5CCCCC5)cc(C(C)(C)C)c4)c4ccccc43)cn12. The third-order valence-corrected chi connectivity index (χ3v) is 11.3. The number of carbonyl (C=O) groups excluding carboxylic acids is 1. The molecule has 2 fully saturated rings. The smallest absolute Gasteiger partial charge is 0.319 e. The van der Waals surface area contributed by atoms with Gasteiger partial charge in [-0.05, 0) is 124 Å². The van der Waals surface area contributed by atoms with Crippen molar-refractivity contribution in [3.05, 3.63) is 88.9 Å². The Labute approximate surface area is 302 Å². The molecule has 272 valence electrons. The molecule has 2 saturated heterocycles. The van der Waals surface area contributed by atoms with Gasteiger partial charge in [0.2, 0.25) is 0 Å².